The third-order valence-corrected chi connectivity index (χ3v) is 7.48. The molecule has 2 aliphatic heterocycles. The quantitative estimate of drug-likeness (QED) is 0.462. The molecule has 39 heavy (non-hydrogen) atoms. The number of primary amides is 1. The fourth-order valence-corrected chi connectivity index (χ4v) is 4.90. The summed E-state index contributed by atoms with van der Waals surface area (Å²) in [7, 11) is -3.36. The van der Waals surface area contributed by atoms with Crippen LogP contribution in [-0.4, -0.2) is 110 Å². The van der Waals surface area contributed by atoms with E-state index in [1.807, 2.05) is 0 Å². The van der Waals surface area contributed by atoms with Crippen molar-refractivity contribution < 1.29 is 35.9 Å². The van der Waals surface area contributed by atoms with Gasteiger partial charge in [0.05, 0.1) is 31.6 Å². The molecule has 4 rings (SSSR count). The van der Waals surface area contributed by atoms with Crippen LogP contribution in [0, 0.1) is 0 Å². The third kappa shape index (κ3) is 7.10. The summed E-state index contributed by atoms with van der Waals surface area (Å²) in [5.74, 6) is -1.46. The Hall–Kier alpha value is -3.57. The number of carbonyl (C=O) groups excluding carboxylic acids is 2. The lowest BCUT2D eigenvalue weighted by molar-refractivity contribution is -0.137. The second-order valence-electron chi connectivity index (χ2n) is 8.94. The highest BCUT2D eigenvalue weighted by atomic mass is 32.2. The van der Waals surface area contributed by atoms with Gasteiger partial charge in [-0.15, -0.1) is 0 Å². The van der Waals surface area contributed by atoms with Gasteiger partial charge >= 0.3 is 6.18 Å². The first-order valence-corrected chi connectivity index (χ1v) is 13.7. The van der Waals surface area contributed by atoms with E-state index in [0.717, 1.165) is 18.4 Å². The van der Waals surface area contributed by atoms with Gasteiger partial charge < -0.3 is 25.6 Å². The number of aromatic nitrogens is 3. The fourth-order valence-electron chi connectivity index (χ4n) is 4.08. The van der Waals surface area contributed by atoms with Crippen molar-refractivity contribution in [1.82, 2.24) is 24.2 Å². The lowest BCUT2D eigenvalue weighted by atomic mass is 10.0. The van der Waals surface area contributed by atoms with Crippen molar-refractivity contribution in [2.75, 3.05) is 75.5 Å². The Morgan fingerprint density at radius 2 is 1.69 bits per heavy atom. The smallest absolute Gasteiger partial charge is 0.378 e. The summed E-state index contributed by atoms with van der Waals surface area (Å²) in [6.07, 6.45) is -3.65. The minimum absolute atomic E-state index is 0.0670. The minimum atomic E-state index is -4.76. The van der Waals surface area contributed by atoms with E-state index in [1.165, 1.54) is 9.21 Å². The van der Waals surface area contributed by atoms with Gasteiger partial charge in [0.15, 0.2) is 5.82 Å². The molecule has 3 heterocycles. The molecule has 13 nitrogen and oxygen atoms in total. The number of nitrogens with one attached hydrogen (secondary N) is 1. The highest BCUT2D eigenvalue weighted by Crippen LogP contribution is 2.33. The van der Waals surface area contributed by atoms with E-state index >= 15 is 0 Å². The molecule has 0 aliphatic carbocycles. The van der Waals surface area contributed by atoms with Crippen LogP contribution >= 0.6 is 0 Å². The molecule has 1 aromatic carbocycles. The van der Waals surface area contributed by atoms with Crippen LogP contribution in [-0.2, 0) is 25.7 Å². The van der Waals surface area contributed by atoms with Crippen molar-refractivity contribution in [3.05, 3.63) is 29.3 Å². The number of nitrogens with two attached hydrogens (primary N) is 1. The van der Waals surface area contributed by atoms with Gasteiger partial charge in [-0.3, -0.25) is 9.59 Å². The molecule has 0 bridgehead atoms. The molecule has 0 spiro atoms. The van der Waals surface area contributed by atoms with Crippen LogP contribution in [0.5, 0.6) is 0 Å². The van der Waals surface area contributed by atoms with E-state index in [9.17, 15) is 31.2 Å². The summed E-state index contributed by atoms with van der Waals surface area (Å²) in [6.45, 7) is 2.10. The Kier molecular flexibility index (Phi) is 8.22. The van der Waals surface area contributed by atoms with E-state index < -0.39 is 27.7 Å². The number of anilines is 2. The Bertz CT molecular complexity index is 1340. The summed E-state index contributed by atoms with van der Waals surface area (Å²) in [5, 5.41) is 2.80. The first-order chi connectivity index (χ1) is 18.3. The van der Waals surface area contributed by atoms with Crippen molar-refractivity contribution in [3.63, 3.8) is 0 Å². The van der Waals surface area contributed by atoms with Crippen molar-refractivity contribution in [2.45, 2.75) is 6.18 Å². The number of morpholine rings is 1. The highest BCUT2D eigenvalue weighted by molar-refractivity contribution is 7.88. The predicted octanol–water partition coefficient (Wildman–Crippen LogP) is 0.00860. The molecular formula is C22H27F3N8O5S. The molecular weight excluding hydrogens is 545 g/mol. The van der Waals surface area contributed by atoms with E-state index in [0.29, 0.717) is 32.4 Å². The van der Waals surface area contributed by atoms with Gasteiger partial charge in [-0.1, -0.05) is 0 Å². The number of rotatable bonds is 7. The molecule has 3 N–H and O–H groups in total. The minimum Gasteiger partial charge on any atom is -0.378 e. The van der Waals surface area contributed by atoms with Gasteiger partial charge in [0.1, 0.15) is 0 Å². The number of alkyl halides is 3. The molecule has 2 aliphatic rings. The molecule has 212 valence electrons. The number of hydrogen-bond acceptors (Lipinski definition) is 10. The molecule has 17 heteroatoms. The molecule has 2 saturated heterocycles. The number of nitrogens with zero attached hydrogens (tertiary/aromatic N) is 6. The van der Waals surface area contributed by atoms with Gasteiger partial charge in [0, 0.05) is 50.4 Å². The lowest BCUT2D eigenvalue weighted by Crippen LogP contribution is -2.51. The number of halogens is 3. The van der Waals surface area contributed by atoms with Crippen LogP contribution in [0.3, 0.4) is 0 Å². The zero-order valence-electron chi connectivity index (χ0n) is 20.9. The Balaban J connectivity index is 1.61. The molecule has 2 aromatic rings. The van der Waals surface area contributed by atoms with Crippen LogP contribution < -0.4 is 16.0 Å². The summed E-state index contributed by atoms with van der Waals surface area (Å²) in [5.41, 5.74) is 3.69. The lowest BCUT2D eigenvalue weighted by Gasteiger charge is -2.33. The SMILES string of the molecule is CS(=O)(=O)N1CCN(C(=O)CNc2nc(-c3cc(C(N)=O)cc(C(F)(F)F)c3)nc(N3CCOCC3)n2)CC1. The number of hydrogen-bond donors (Lipinski definition) is 2. The van der Waals surface area contributed by atoms with E-state index in [2.05, 4.69) is 20.3 Å². The fraction of sp³-hybridized carbons (Fsp3) is 0.500. The van der Waals surface area contributed by atoms with Gasteiger partial charge in [-0.05, 0) is 18.2 Å². The van der Waals surface area contributed by atoms with Crippen molar-refractivity contribution in [3.8, 4) is 11.4 Å². The second kappa shape index (κ2) is 11.3. The number of piperazine rings is 1. The molecule has 0 radical (unpaired) electrons. The Morgan fingerprint density at radius 1 is 1.03 bits per heavy atom. The Morgan fingerprint density at radius 3 is 2.28 bits per heavy atom. The number of ether oxygens (including phenoxy) is 1. The van der Waals surface area contributed by atoms with E-state index in [-0.39, 0.29) is 67.5 Å². The molecule has 2 amide bonds. The maximum atomic E-state index is 13.5. The summed E-state index contributed by atoms with van der Waals surface area (Å²) >= 11 is 0. The summed E-state index contributed by atoms with van der Waals surface area (Å²) < 4.78 is 70.6. The largest absolute Gasteiger partial charge is 0.416 e. The monoisotopic (exact) mass is 572 g/mol. The van der Waals surface area contributed by atoms with Crippen molar-refractivity contribution in [1.29, 1.82) is 0 Å². The number of benzene rings is 1. The number of carbonyl (C=O) groups is 2. The average molecular weight is 573 g/mol. The van der Waals surface area contributed by atoms with Gasteiger partial charge in [-0.25, -0.2) is 8.42 Å². The third-order valence-electron chi connectivity index (χ3n) is 6.18. The summed E-state index contributed by atoms with van der Waals surface area (Å²) in [4.78, 5) is 40.6. The number of amides is 2. The van der Waals surface area contributed by atoms with Gasteiger partial charge in [-0.2, -0.15) is 32.4 Å². The molecule has 1 aromatic heterocycles. The normalized spacial score (nSPS) is 17.2. The first kappa shape index (κ1) is 28.4. The van der Waals surface area contributed by atoms with Crippen LogP contribution in [0.1, 0.15) is 15.9 Å². The molecule has 2 fully saturated rings. The average Bonchev–Trinajstić information content (AvgIpc) is 2.91. The van der Waals surface area contributed by atoms with Crippen LogP contribution in [0.4, 0.5) is 25.1 Å². The topological polar surface area (TPSA) is 164 Å². The van der Waals surface area contributed by atoms with E-state index in [1.54, 1.807) is 4.90 Å². The predicted molar refractivity (Wildman–Crippen MR) is 133 cm³/mol. The standard InChI is InChI=1S/C22H27F3N8O5S/c1-39(36,37)33-4-2-31(3-5-33)17(34)13-27-20-28-19(29-21(30-20)32-6-8-38-9-7-32)15-10-14(18(26)35)11-16(12-15)22(23,24)25/h10-12H,2-9,13H2,1H3,(H2,26,35)(H,27,28,29,30). The second-order valence-corrected chi connectivity index (χ2v) is 10.9. The van der Waals surface area contributed by atoms with Crippen molar-refractivity contribution >= 4 is 33.7 Å². The molecule has 0 unspecified atom stereocenters. The molecule has 0 saturated carbocycles. The van der Waals surface area contributed by atoms with Crippen LogP contribution in [0.15, 0.2) is 18.2 Å². The van der Waals surface area contributed by atoms with Crippen molar-refractivity contribution in [2.24, 2.45) is 5.73 Å². The van der Waals surface area contributed by atoms with Crippen LogP contribution in [0.2, 0.25) is 0 Å². The molecule has 0 atom stereocenters. The Labute approximate surface area is 222 Å². The maximum absolute atomic E-state index is 13.5. The summed E-state index contributed by atoms with van der Waals surface area (Å²) in [6, 6.07) is 2.62. The maximum Gasteiger partial charge on any atom is 0.416 e. The van der Waals surface area contributed by atoms with E-state index in [4.69, 9.17) is 10.5 Å². The zero-order chi connectivity index (χ0) is 28.4. The number of sulfonamides is 1. The zero-order valence-corrected chi connectivity index (χ0v) is 21.8. The van der Waals surface area contributed by atoms with Gasteiger partial charge in [0.2, 0.25) is 33.7 Å². The first-order valence-electron chi connectivity index (χ1n) is 11.9. The van der Waals surface area contributed by atoms with Gasteiger partial charge in [0.25, 0.3) is 0 Å². The van der Waals surface area contributed by atoms with Crippen LogP contribution in [0.25, 0.3) is 11.4 Å². The highest BCUT2D eigenvalue weighted by Gasteiger charge is 2.32.